The molecular weight excluding hydrogens is 330 g/mol. The number of ether oxygens (including phenoxy) is 1. The van der Waals surface area contributed by atoms with E-state index in [0.717, 1.165) is 10.7 Å². The molecule has 8 nitrogen and oxygen atoms in total. The normalized spacial score (nSPS) is 10.6. The van der Waals surface area contributed by atoms with Gasteiger partial charge >= 0.3 is 12.0 Å². The standard InChI is InChI=1S/C15H15N5O3S/c1-8-17-10(7-24-8)6-16-15(22)18-9-3-4-12-11(5-9)13(20-19-12)14(21)23-2/h3-5,7H,6H2,1-2H3,(H,19,20)(H2,16,18,22). The van der Waals surface area contributed by atoms with Crippen molar-refractivity contribution in [3.8, 4) is 0 Å². The van der Waals surface area contributed by atoms with Crippen LogP contribution in [0.5, 0.6) is 0 Å². The van der Waals surface area contributed by atoms with E-state index in [1.54, 1.807) is 18.2 Å². The fourth-order valence-electron chi connectivity index (χ4n) is 2.18. The number of urea groups is 1. The summed E-state index contributed by atoms with van der Waals surface area (Å²) in [5, 5.41) is 15.6. The zero-order valence-electron chi connectivity index (χ0n) is 13.0. The predicted molar refractivity (Wildman–Crippen MR) is 90.1 cm³/mol. The average Bonchev–Trinajstić information content (AvgIpc) is 3.18. The molecule has 24 heavy (non-hydrogen) atoms. The molecule has 3 rings (SSSR count). The van der Waals surface area contributed by atoms with E-state index >= 15 is 0 Å². The lowest BCUT2D eigenvalue weighted by atomic mass is 10.2. The van der Waals surface area contributed by atoms with Gasteiger partial charge in [0.25, 0.3) is 0 Å². The van der Waals surface area contributed by atoms with Crippen LogP contribution in [-0.2, 0) is 11.3 Å². The van der Waals surface area contributed by atoms with E-state index in [4.69, 9.17) is 0 Å². The third-order valence-electron chi connectivity index (χ3n) is 3.30. The molecule has 0 saturated heterocycles. The van der Waals surface area contributed by atoms with Crippen LogP contribution in [0.25, 0.3) is 10.9 Å². The van der Waals surface area contributed by atoms with Gasteiger partial charge in [0.05, 0.1) is 29.9 Å². The lowest BCUT2D eigenvalue weighted by Crippen LogP contribution is -2.28. The number of carbonyl (C=O) groups excluding carboxylic acids is 2. The van der Waals surface area contributed by atoms with E-state index in [0.29, 0.717) is 23.1 Å². The van der Waals surface area contributed by atoms with E-state index < -0.39 is 5.97 Å². The molecular formula is C15H15N5O3S. The first-order valence-corrected chi connectivity index (χ1v) is 7.97. The van der Waals surface area contributed by atoms with Gasteiger partial charge in [-0.1, -0.05) is 0 Å². The number of nitrogens with one attached hydrogen (secondary N) is 3. The monoisotopic (exact) mass is 345 g/mol. The number of esters is 1. The molecule has 0 saturated carbocycles. The quantitative estimate of drug-likeness (QED) is 0.629. The van der Waals surface area contributed by atoms with Gasteiger partial charge in [-0.3, -0.25) is 5.10 Å². The summed E-state index contributed by atoms with van der Waals surface area (Å²) in [6.07, 6.45) is 0. The molecule has 0 fully saturated rings. The molecule has 3 aromatic rings. The molecule has 0 radical (unpaired) electrons. The van der Waals surface area contributed by atoms with Crippen molar-refractivity contribution < 1.29 is 14.3 Å². The second-order valence-corrected chi connectivity index (χ2v) is 6.05. The predicted octanol–water partition coefficient (Wildman–Crippen LogP) is 2.44. The highest BCUT2D eigenvalue weighted by Gasteiger charge is 2.15. The number of anilines is 1. The second-order valence-electron chi connectivity index (χ2n) is 4.99. The first kappa shape index (κ1) is 15.9. The van der Waals surface area contributed by atoms with Crippen molar-refractivity contribution in [2.45, 2.75) is 13.5 Å². The van der Waals surface area contributed by atoms with Crippen molar-refractivity contribution in [2.24, 2.45) is 0 Å². The highest BCUT2D eigenvalue weighted by atomic mass is 32.1. The number of methoxy groups -OCH3 is 1. The number of aromatic nitrogens is 3. The molecule has 9 heteroatoms. The largest absolute Gasteiger partial charge is 0.464 e. The maximum absolute atomic E-state index is 12.0. The van der Waals surface area contributed by atoms with Crippen molar-refractivity contribution in [2.75, 3.05) is 12.4 Å². The van der Waals surface area contributed by atoms with Crippen LogP contribution in [-0.4, -0.2) is 34.3 Å². The summed E-state index contributed by atoms with van der Waals surface area (Å²) in [6, 6.07) is 4.75. The van der Waals surface area contributed by atoms with Crippen molar-refractivity contribution in [1.82, 2.24) is 20.5 Å². The number of rotatable bonds is 4. The van der Waals surface area contributed by atoms with E-state index in [1.165, 1.54) is 18.4 Å². The molecule has 0 unspecified atom stereocenters. The molecule has 0 aliphatic rings. The van der Waals surface area contributed by atoms with E-state index in [2.05, 4.69) is 30.6 Å². The maximum Gasteiger partial charge on any atom is 0.359 e. The van der Waals surface area contributed by atoms with E-state index in [1.807, 2.05) is 12.3 Å². The average molecular weight is 345 g/mol. The zero-order valence-corrected chi connectivity index (χ0v) is 13.9. The minimum absolute atomic E-state index is 0.175. The topological polar surface area (TPSA) is 109 Å². The van der Waals surface area contributed by atoms with Crippen LogP contribution < -0.4 is 10.6 Å². The fraction of sp³-hybridized carbons (Fsp3) is 0.200. The molecule has 0 bridgehead atoms. The van der Waals surface area contributed by atoms with Crippen LogP contribution in [0.15, 0.2) is 23.6 Å². The van der Waals surface area contributed by atoms with Crippen LogP contribution in [0.4, 0.5) is 10.5 Å². The zero-order chi connectivity index (χ0) is 17.1. The number of carbonyl (C=O) groups is 2. The lowest BCUT2D eigenvalue weighted by Gasteiger charge is -2.07. The van der Waals surface area contributed by atoms with Crippen LogP contribution in [0.1, 0.15) is 21.2 Å². The second kappa shape index (κ2) is 6.67. The Morgan fingerprint density at radius 2 is 2.21 bits per heavy atom. The van der Waals surface area contributed by atoms with Gasteiger partial charge in [0, 0.05) is 16.5 Å². The Labute approximate surface area is 141 Å². The Kier molecular flexibility index (Phi) is 4.43. The Hall–Kier alpha value is -2.94. The molecule has 2 amide bonds. The Morgan fingerprint density at radius 1 is 1.38 bits per heavy atom. The van der Waals surface area contributed by atoms with Gasteiger partial charge in [-0.15, -0.1) is 11.3 Å². The summed E-state index contributed by atoms with van der Waals surface area (Å²) in [4.78, 5) is 27.9. The van der Waals surface area contributed by atoms with Gasteiger partial charge in [-0.25, -0.2) is 14.6 Å². The van der Waals surface area contributed by atoms with E-state index in [-0.39, 0.29) is 11.7 Å². The Morgan fingerprint density at radius 3 is 2.92 bits per heavy atom. The van der Waals surface area contributed by atoms with Crippen LogP contribution in [0.2, 0.25) is 0 Å². The molecule has 0 aliphatic carbocycles. The number of aryl methyl sites for hydroxylation is 1. The first-order chi connectivity index (χ1) is 11.6. The molecule has 2 aromatic heterocycles. The number of hydrogen-bond donors (Lipinski definition) is 3. The number of nitrogens with zero attached hydrogens (tertiary/aromatic N) is 2. The molecule has 1 aromatic carbocycles. The van der Waals surface area contributed by atoms with Gasteiger partial charge < -0.3 is 15.4 Å². The molecule has 0 atom stereocenters. The minimum atomic E-state index is -0.540. The SMILES string of the molecule is COC(=O)c1n[nH]c2ccc(NC(=O)NCc3csc(C)n3)cc12. The Bertz CT molecular complexity index is 902. The first-order valence-electron chi connectivity index (χ1n) is 7.09. The summed E-state index contributed by atoms with van der Waals surface area (Å²) < 4.78 is 4.69. The van der Waals surface area contributed by atoms with Crippen molar-refractivity contribution in [1.29, 1.82) is 0 Å². The van der Waals surface area contributed by atoms with Crippen LogP contribution >= 0.6 is 11.3 Å². The summed E-state index contributed by atoms with van der Waals surface area (Å²) in [6.45, 7) is 2.25. The van der Waals surface area contributed by atoms with Crippen LogP contribution in [0, 0.1) is 6.92 Å². The highest BCUT2D eigenvalue weighted by Crippen LogP contribution is 2.21. The summed E-state index contributed by atoms with van der Waals surface area (Å²) >= 11 is 1.53. The van der Waals surface area contributed by atoms with Gasteiger partial charge in [0.2, 0.25) is 0 Å². The molecule has 124 valence electrons. The number of hydrogen-bond acceptors (Lipinski definition) is 6. The molecule has 2 heterocycles. The summed E-state index contributed by atoms with van der Waals surface area (Å²) in [5.41, 5.74) is 2.21. The number of amides is 2. The van der Waals surface area contributed by atoms with Crippen LogP contribution in [0.3, 0.4) is 0 Å². The van der Waals surface area contributed by atoms with E-state index in [9.17, 15) is 9.59 Å². The Balaban J connectivity index is 1.70. The number of benzene rings is 1. The number of H-pyrrole nitrogens is 1. The van der Waals surface area contributed by atoms with Gasteiger partial charge in [-0.2, -0.15) is 5.10 Å². The fourth-order valence-corrected chi connectivity index (χ4v) is 2.79. The maximum atomic E-state index is 12.0. The van der Waals surface area contributed by atoms with Gasteiger partial charge in [0.15, 0.2) is 5.69 Å². The highest BCUT2D eigenvalue weighted by molar-refractivity contribution is 7.09. The number of fused-ring (bicyclic) bond motifs is 1. The van der Waals surface area contributed by atoms with Crippen molar-refractivity contribution in [3.63, 3.8) is 0 Å². The third-order valence-corrected chi connectivity index (χ3v) is 4.12. The smallest absolute Gasteiger partial charge is 0.359 e. The minimum Gasteiger partial charge on any atom is -0.464 e. The molecule has 3 N–H and O–H groups in total. The van der Waals surface area contributed by atoms with Crippen molar-refractivity contribution >= 4 is 39.9 Å². The number of aromatic amines is 1. The summed E-state index contributed by atoms with van der Waals surface area (Å²) in [5.74, 6) is -0.540. The van der Waals surface area contributed by atoms with Gasteiger partial charge in [-0.05, 0) is 25.1 Å². The molecule has 0 aliphatic heterocycles. The van der Waals surface area contributed by atoms with Crippen molar-refractivity contribution in [3.05, 3.63) is 40.0 Å². The van der Waals surface area contributed by atoms with Gasteiger partial charge in [0.1, 0.15) is 0 Å². The third kappa shape index (κ3) is 3.35. The number of thiazole rings is 1. The summed E-state index contributed by atoms with van der Waals surface area (Å²) in [7, 11) is 1.29. The molecule has 0 spiro atoms. The lowest BCUT2D eigenvalue weighted by molar-refractivity contribution is 0.0596.